The number of piperidine rings is 1. The first-order chi connectivity index (χ1) is 12.0. The zero-order chi connectivity index (χ0) is 17.9. The third kappa shape index (κ3) is 4.19. The molecule has 3 rings (SSSR count). The minimum atomic E-state index is -3.43. The van der Waals surface area contributed by atoms with Crippen molar-refractivity contribution >= 4 is 15.7 Å². The van der Waals surface area contributed by atoms with Crippen LogP contribution >= 0.6 is 0 Å². The number of hydrogen-bond acceptors (Lipinski definition) is 3. The first kappa shape index (κ1) is 17.9. The second-order valence-corrected chi connectivity index (χ2v) is 8.49. The molecular formula is C19H23FN2O2S. The van der Waals surface area contributed by atoms with Gasteiger partial charge in [-0.1, -0.05) is 25.1 Å². The molecular weight excluding hydrogens is 339 g/mol. The fourth-order valence-electron chi connectivity index (χ4n) is 2.96. The standard InChI is InChI=1S/C19H23FN2O2S/c1-15-10-12-22(13-11-15)25(23,24)18-8-6-17(7-9-18)21-14-16-4-2-3-5-19(16)20/h2-9,15,21H,10-14H2,1H3. The van der Waals surface area contributed by atoms with Gasteiger partial charge in [0.25, 0.3) is 0 Å². The Morgan fingerprint density at radius 1 is 1.08 bits per heavy atom. The van der Waals surface area contributed by atoms with E-state index in [1.807, 2.05) is 0 Å². The van der Waals surface area contributed by atoms with Crippen LogP contribution in [0.4, 0.5) is 10.1 Å². The van der Waals surface area contributed by atoms with Crippen LogP contribution in [0.15, 0.2) is 53.4 Å². The Kier molecular flexibility index (Phi) is 5.39. The van der Waals surface area contributed by atoms with Crippen molar-refractivity contribution in [1.82, 2.24) is 4.31 Å². The van der Waals surface area contributed by atoms with Crippen LogP contribution in [0.5, 0.6) is 0 Å². The van der Waals surface area contributed by atoms with Crippen molar-refractivity contribution in [2.24, 2.45) is 5.92 Å². The van der Waals surface area contributed by atoms with Gasteiger partial charge < -0.3 is 5.32 Å². The maximum absolute atomic E-state index is 13.6. The Hall–Kier alpha value is -1.92. The first-order valence-corrected chi connectivity index (χ1v) is 9.98. The Morgan fingerprint density at radius 2 is 1.72 bits per heavy atom. The van der Waals surface area contributed by atoms with Gasteiger partial charge in [-0.3, -0.25) is 0 Å². The van der Waals surface area contributed by atoms with E-state index in [4.69, 9.17) is 0 Å². The van der Waals surface area contributed by atoms with Crippen LogP contribution in [0.25, 0.3) is 0 Å². The Labute approximate surface area is 148 Å². The molecule has 2 aromatic rings. The molecule has 0 bridgehead atoms. The number of rotatable bonds is 5. The summed E-state index contributed by atoms with van der Waals surface area (Å²) in [6.45, 7) is 3.66. The number of anilines is 1. The molecule has 134 valence electrons. The predicted octanol–water partition coefficient (Wildman–Crippen LogP) is 3.86. The van der Waals surface area contributed by atoms with Crippen LogP contribution < -0.4 is 5.32 Å². The lowest BCUT2D eigenvalue weighted by Crippen LogP contribution is -2.37. The third-order valence-electron chi connectivity index (χ3n) is 4.68. The molecule has 1 heterocycles. The molecule has 0 saturated carbocycles. The highest BCUT2D eigenvalue weighted by molar-refractivity contribution is 7.89. The molecule has 1 aliphatic rings. The van der Waals surface area contributed by atoms with Crippen LogP contribution in [0, 0.1) is 11.7 Å². The zero-order valence-electron chi connectivity index (χ0n) is 14.3. The summed E-state index contributed by atoms with van der Waals surface area (Å²) in [7, 11) is -3.43. The average Bonchev–Trinajstić information content (AvgIpc) is 2.62. The number of hydrogen-bond donors (Lipinski definition) is 1. The number of sulfonamides is 1. The normalized spacial score (nSPS) is 16.7. The predicted molar refractivity (Wildman–Crippen MR) is 97.3 cm³/mol. The number of nitrogens with zero attached hydrogens (tertiary/aromatic N) is 1. The van der Waals surface area contributed by atoms with Crippen molar-refractivity contribution in [3.63, 3.8) is 0 Å². The van der Waals surface area contributed by atoms with Crippen LogP contribution in [-0.4, -0.2) is 25.8 Å². The van der Waals surface area contributed by atoms with Gasteiger partial charge in [0.1, 0.15) is 5.82 Å². The molecule has 0 aliphatic carbocycles. The smallest absolute Gasteiger partial charge is 0.243 e. The van der Waals surface area contributed by atoms with Gasteiger partial charge in [-0.25, -0.2) is 12.8 Å². The highest BCUT2D eigenvalue weighted by Crippen LogP contribution is 2.24. The van der Waals surface area contributed by atoms with Crippen molar-refractivity contribution in [2.45, 2.75) is 31.2 Å². The van der Waals surface area contributed by atoms with E-state index < -0.39 is 10.0 Å². The molecule has 0 atom stereocenters. The number of benzene rings is 2. The minimum absolute atomic E-state index is 0.256. The van der Waals surface area contributed by atoms with Crippen LogP contribution in [0.3, 0.4) is 0 Å². The van der Waals surface area contributed by atoms with E-state index >= 15 is 0 Å². The largest absolute Gasteiger partial charge is 0.381 e. The van der Waals surface area contributed by atoms with Crippen molar-refractivity contribution in [3.05, 3.63) is 59.9 Å². The quantitative estimate of drug-likeness (QED) is 0.879. The molecule has 25 heavy (non-hydrogen) atoms. The fourth-order valence-corrected chi connectivity index (χ4v) is 4.43. The van der Waals surface area contributed by atoms with E-state index in [1.54, 1.807) is 46.8 Å². The molecule has 1 saturated heterocycles. The molecule has 0 unspecified atom stereocenters. The van der Waals surface area contributed by atoms with Gasteiger partial charge in [-0.05, 0) is 49.1 Å². The lowest BCUT2D eigenvalue weighted by atomic mass is 10.0. The summed E-state index contributed by atoms with van der Waals surface area (Å²) in [5.74, 6) is 0.324. The van der Waals surface area contributed by atoms with Crippen LogP contribution in [0.1, 0.15) is 25.3 Å². The molecule has 2 aromatic carbocycles. The molecule has 1 N–H and O–H groups in total. The first-order valence-electron chi connectivity index (χ1n) is 8.54. The second kappa shape index (κ2) is 7.54. The van der Waals surface area contributed by atoms with Crippen molar-refractivity contribution in [3.8, 4) is 0 Å². The molecule has 0 spiro atoms. The van der Waals surface area contributed by atoms with Gasteiger partial charge >= 0.3 is 0 Å². The van der Waals surface area contributed by atoms with Gasteiger partial charge in [0.05, 0.1) is 4.90 Å². The van der Waals surface area contributed by atoms with E-state index in [2.05, 4.69) is 12.2 Å². The zero-order valence-corrected chi connectivity index (χ0v) is 15.1. The molecule has 0 aromatic heterocycles. The number of nitrogens with one attached hydrogen (secondary N) is 1. The van der Waals surface area contributed by atoms with E-state index in [0.717, 1.165) is 18.5 Å². The highest BCUT2D eigenvalue weighted by atomic mass is 32.2. The van der Waals surface area contributed by atoms with Gasteiger partial charge in [-0.2, -0.15) is 4.31 Å². The summed E-state index contributed by atoms with van der Waals surface area (Å²) in [6.07, 6.45) is 1.81. The van der Waals surface area contributed by atoms with Gasteiger partial charge in [0.15, 0.2) is 0 Å². The molecule has 1 fully saturated rings. The van der Waals surface area contributed by atoms with Crippen molar-refractivity contribution in [2.75, 3.05) is 18.4 Å². The lowest BCUT2D eigenvalue weighted by Gasteiger charge is -2.29. The van der Waals surface area contributed by atoms with Crippen molar-refractivity contribution < 1.29 is 12.8 Å². The number of halogens is 1. The van der Waals surface area contributed by atoms with Crippen LogP contribution in [-0.2, 0) is 16.6 Å². The van der Waals surface area contributed by atoms with Crippen molar-refractivity contribution in [1.29, 1.82) is 0 Å². The van der Waals surface area contributed by atoms with Crippen LogP contribution in [0.2, 0.25) is 0 Å². The molecule has 4 nitrogen and oxygen atoms in total. The Morgan fingerprint density at radius 3 is 2.36 bits per heavy atom. The Balaban J connectivity index is 1.66. The molecule has 0 radical (unpaired) electrons. The Bertz CT molecular complexity index is 814. The minimum Gasteiger partial charge on any atom is -0.381 e. The highest BCUT2D eigenvalue weighted by Gasteiger charge is 2.27. The molecule has 1 aliphatic heterocycles. The topological polar surface area (TPSA) is 49.4 Å². The van der Waals surface area contributed by atoms with Gasteiger partial charge in [-0.15, -0.1) is 0 Å². The summed E-state index contributed by atoms with van der Waals surface area (Å²) in [6, 6.07) is 13.2. The van der Waals surface area contributed by atoms with Gasteiger partial charge in [0, 0.05) is 30.9 Å². The summed E-state index contributed by atoms with van der Waals surface area (Å²) >= 11 is 0. The third-order valence-corrected chi connectivity index (χ3v) is 6.59. The maximum Gasteiger partial charge on any atom is 0.243 e. The monoisotopic (exact) mass is 362 g/mol. The van der Waals surface area contributed by atoms with Gasteiger partial charge in [0.2, 0.25) is 10.0 Å². The molecule has 6 heteroatoms. The van der Waals surface area contributed by atoms with E-state index in [-0.39, 0.29) is 5.82 Å². The SMILES string of the molecule is CC1CCN(S(=O)(=O)c2ccc(NCc3ccccc3F)cc2)CC1. The summed E-state index contributed by atoms with van der Waals surface area (Å²) < 4.78 is 40.6. The fraction of sp³-hybridized carbons (Fsp3) is 0.368. The van der Waals surface area contributed by atoms with E-state index in [0.29, 0.717) is 36.0 Å². The lowest BCUT2D eigenvalue weighted by molar-refractivity contribution is 0.288. The van der Waals surface area contributed by atoms with E-state index in [9.17, 15) is 12.8 Å². The van der Waals surface area contributed by atoms with E-state index in [1.165, 1.54) is 6.07 Å². The maximum atomic E-state index is 13.6. The summed E-state index contributed by atoms with van der Waals surface area (Å²) in [5.41, 5.74) is 1.33. The molecule has 0 amide bonds. The average molecular weight is 362 g/mol. The second-order valence-electron chi connectivity index (χ2n) is 6.56. The summed E-state index contributed by atoms with van der Waals surface area (Å²) in [4.78, 5) is 0.304. The summed E-state index contributed by atoms with van der Waals surface area (Å²) in [5, 5.41) is 3.12.